The van der Waals surface area contributed by atoms with Crippen molar-refractivity contribution in [2.45, 2.75) is 11.3 Å². The number of rotatable bonds is 4. The Balaban J connectivity index is 2.14. The molecule has 0 aliphatic carbocycles. The summed E-state index contributed by atoms with van der Waals surface area (Å²) >= 11 is 0. The normalized spacial score (nSPS) is 18.7. The van der Waals surface area contributed by atoms with E-state index >= 15 is 0 Å². The van der Waals surface area contributed by atoms with Crippen molar-refractivity contribution in [3.8, 4) is 0 Å². The molecule has 1 aliphatic rings. The van der Waals surface area contributed by atoms with Gasteiger partial charge in [-0.2, -0.15) is 0 Å². The van der Waals surface area contributed by atoms with Crippen LogP contribution in [0.5, 0.6) is 0 Å². The van der Waals surface area contributed by atoms with Gasteiger partial charge in [0.15, 0.2) is 9.84 Å². The molecular formula is C12H17NO3S. The van der Waals surface area contributed by atoms with Crippen LogP contribution in [-0.4, -0.2) is 34.4 Å². The van der Waals surface area contributed by atoms with Gasteiger partial charge in [0.25, 0.3) is 0 Å². The van der Waals surface area contributed by atoms with E-state index in [-0.39, 0.29) is 5.41 Å². The van der Waals surface area contributed by atoms with Gasteiger partial charge in [-0.25, -0.2) is 8.42 Å². The topological polar surface area (TPSA) is 69.4 Å². The quantitative estimate of drug-likeness (QED) is 0.855. The molecule has 17 heavy (non-hydrogen) atoms. The van der Waals surface area contributed by atoms with Gasteiger partial charge in [-0.1, -0.05) is 12.1 Å². The number of sulfone groups is 1. The average Bonchev–Trinajstić information content (AvgIpc) is 2.23. The first kappa shape index (κ1) is 12.5. The van der Waals surface area contributed by atoms with Gasteiger partial charge < -0.3 is 10.5 Å². The zero-order valence-electron chi connectivity index (χ0n) is 9.85. The van der Waals surface area contributed by atoms with Gasteiger partial charge in [0.05, 0.1) is 18.1 Å². The molecule has 5 heteroatoms. The van der Waals surface area contributed by atoms with Crippen molar-refractivity contribution in [2.24, 2.45) is 11.1 Å². The van der Waals surface area contributed by atoms with E-state index in [9.17, 15) is 8.42 Å². The largest absolute Gasteiger partial charge is 0.380 e. The molecule has 0 aromatic heterocycles. The van der Waals surface area contributed by atoms with Crippen LogP contribution in [0.2, 0.25) is 0 Å². The highest BCUT2D eigenvalue weighted by Gasteiger charge is 2.37. The molecule has 94 valence electrons. The number of nitrogens with two attached hydrogens (primary N) is 1. The lowest BCUT2D eigenvalue weighted by Gasteiger charge is -2.40. The maximum atomic E-state index is 11.3. The molecule has 0 atom stereocenters. The lowest BCUT2D eigenvalue weighted by Crippen LogP contribution is -2.49. The van der Waals surface area contributed by atoms with E-state index in [1.54, 1.807) is 12.1 Å². The third kappa shape index (κ3) is 2.68. The minimum atomic E-state index is -3.11. The Morgan fingerprint density at radius 3 is 2.24 bits per heavy atom. The Morgan fingerprint density at radius 2 is 1.88 bits per heavy atom. The van der Waals surface area contributed by atoms with Crippen LogP contribution in [0, 0.1) is 5.41 Å². The molecule has 2 rings (SSSR count). The number of ether oxygens (including phenoxy) is 1. The molecular weight excluding hydrogens is 238 g/mol. The van der Waals surface area contributed by atoms with E-state index in [2.05, 4.69) is 0 Å². The van der Waals surface area contributed by atoms with Crippen LogP contribution in [0.3, 0.4) is 0 Å². The maximum absolute atomic E-state index is 11.3. The molecule has 1 fully saturated rings. The fourth-order valence-electron chi connectivity index (χ4n) is 1.97. The molecule has 0 unspecified atom stereocenters. The fraction of sp³-hybridized carbons (Fsp3) is 0.500. The molecule has 0 spiro atoms. The maximum Gasteiger partial charge on any atom is 0.175 e. The van der Waals surface area contributed by atoms with Gasteiger partial charge in [0.2, 0.25) is 0 Å². The average molecular weight is 255 g/mol. The number of benzene rings is 1. The summed E-state index contributed by atoms with van der Waals surface area (Å²) in [7, 11) is -3.11. The summed E-state index contributed by atoms with van der Waals surface area (Å²) < 4.78 is 27.8. The summed E-state index contributed by atoms with van der Waals surface area (Å²) in [6.07, 6.45) is 2.05. The Morgan fingerprint density at radius 1 is 1.29 bits per heavy atom. The first-order valence-electron chi connectivity index (χ1n) is 5.52. The lowest BCUT2D eigenvalue weighted by atomic mass is 9.80. The fourth-order valence-corrected chi connectivity index (χ4v) is 2.60. The van der Waals surface area contributed by atoms with Crippen molar-refractivity contribution >= 4 is 9.84 Å². The first-order valence-corrected chi connectivity index (χ1v) is 7.41. The zero-order chi connectivity index (χ0) is 12.5. The van der Waals surface area contributed by atoms with Gasteiger partial charge in [-0.15, -0.1) is 0 Å². The van der Waals surface area contributed by atoms with Crippen LogP contribution >= 0.6 is 0 Å². The van der Waals surface area contributed by atoms with Gasteiger partial charge in [-0.05, 0) is 24.1 Å². The first-order chi connectivity index (χ1) is 7.95. The second kappa shape index (κ2) is 4.40. The third-order valence-corrected chi connectivity index (χ3v) is 4.31. The second-order valence-electron chi connectivity index (χ2n) is 4.79. The van der Waals surface area contributed by atoms with E-state index in [1.165, 1.54) is 6.26 Å². The van der Waals surface area contributed by atoms with Crippen molar-refractivity contribution in [3.63, 3.8) is 0 Å². The molecule has 1 heterocycles. The predicted octanol–water partition coefficient (Wildman–Crippen LogP) is 0.608. The molecule has 0 amide bonds. The Labute approximate surface area is 102 Å². The number of hydrogen-bond donors (Lipinski definition) is 1. The van der Waals surface area contributed by atoms with Gasteiger partial charge >= 0.3 is 0 Å². The zero-order valence-corrected chi connectivity index (χ0v) is 10.7. The molecule has 1 saturated heterocycles. The van der Waals surface area contributed by atoms with Crippen LogP contribution in [0.25, 0.3) is 0 Å². The standard InChI is InChI=1S/C12H17NO3S/c1-17(14,15)11-4-2-10(3-5-11)6-12(7-13)8-16-9-12/h2-5H,6-9,13H2,1H3. The minimum absolute atomic E-state index is 0.0482. The highest BCUT2D eigenvalue weighted by molar-refractivity contribution is 7.90. The van der Waals surface area contributed by atoms with Gasteiger partial charge in [0, 0.05) is 18.2 Å². The predicted molar refractivity (Wildman–Crippen MR) is 65.6 cm³/mol. The highest BCUT2D eigenvalue weighted by Crippen LogP contribution is 2.30. The van der Waals surface area contributed by atoms with Gasteiger partial charge in [-0.3, -0.25) is 0 Å². The van der Waals surface area contributed by atoms with E-state index in [1.807, 2.05) is 12.1 Å². The molecule has 0 bridgehead atoms. The lowest BCUT2D eigenvalue weighted by molar-refractivity contribution is -0.106. The Hall–Kier alpha value is -0.910. The summed E-state index contributed by atoms with van der Waals surface area (Å²) in [6.45, 7) is 1.98. The summed E-state index contributed by atoms with van der Waals surface area (Å²) in [5.41, 5.74) is 6.89. The van der Waals surface area contributed by atoms with Gasteiger partial charge in [0.1, 0.15) is 0 Å². The molecule has 0 radical (unpaired) electrons. The molecule has 1 aliphatic heterocycles. The van der Waals surface area contributed by atoms with Crippen molar-refractivity contribution in [1.82, 2.24) is 0 Å². The smallest absolute Gasteiger partial charge is 0.175 e. The minimum Gasteiger partial charge on any atom is -0.380 e. The molecule has 2 N–H and O–H groups in total. The van der Waals surface area contributed by atoms with E-state index in [0.29, 0.717) is 24.7 Å². The van der Waals surface area contributed by atoms with Crippen molar-refractivity contribution < 1.29 is 13.2 Å². The van der Waals surface area contributed by atoms with Crippen LogP contribution in [0.1, 0.15) is 5.56 Å². The Kier molecular flexibility index (Phi) is 3.25. The van der Waals surface area contributed by atoms with Crippen LogP contribution in [0.15, 0.2) is 29.2 Å². The molecule has 0 saturated carbocycles. The van der Waals surface area contributed by atoms with E-state index < -0.39 is 9.84 Å². The summed E-state index contributed by atoms with van der Waals surface area (Å²) in [6, 6.07) is 7.00. The second-order valence-corrected chi connectivity index (χ2v) is 6.81. The Bertz CT molecular complexity index is 483. The monoisotopic (exact) mass is 255 g/mol. The van der Waals surface area contributed by atoms with Crippen molar-refractivity contribution in [2.75, 3.05) is 26.0 Å². The molecule has 4 nitrogen and oxygen atoms in total. The summed E-state index contributed by atoms with van der Waals surface area (Å²) in [5.74, 6) is 0. The summed E-state index contributed by atoms with van der Waals surface area (Å²) in [4.78, 5) is 0.355. The molecule has 1 aromatic carbocycles. The van der Waals surface area contributed by atoms with Crippen LogP contribution in [0.4, 0.5) is 0 Å². The number of hydrogen-bond acceptors (Lipinski definition) is 4. The van der Waals surface area contributed by atoms with Crippen molar-refractivity contribution in [3.05, 3.63) is 29.8 Å². The van der Waals surface area contributed by atoms with Crippen LogP contribution < -0.4 is 5.73 Å². The highest BCUT2D eigenvalue weighted by atomic mass is 32.2. The van der Waals surface area contributed by atoms with E-state index in [4.69, 9.17) is 10.5 Å². The SMILES string of the molecule is CS(=O)(=O)c1ccc(CC2(CN)COC2)cc1. The summed E-state index contributed by atoms with van der Waals surface area (Å²) in [5, 5.41) is 0. The van der Waals surface area contributed by atoms with Crippen LogP contribution in [-0.2, 0) is 21.0 Å². The molecule has 1 aromatic rings. The third-order valence-electron chi connectivity index (χ3n) is 3.18. The van der Waals surface area contributed by atoms with E-state index in [0.717, 1.165) is 12.0 Å². The van der Waals surface area contributed by atoms with Crippen molar-refractivity contribution in [1.29, 1.82) is 0 Å².